The summed E-state index contributed by atoms with van der Waals surface area (Å²) in [7, 11) is 1.52. The van der Waals surface area contributed by atoms with Crippen LogP contribution < -0.4 is 5.32 Å². The molecule has 4 fully saturated rings. The molecule has 0 aromatic heterocycles. The zero-order valence-corrected chi connectivity index (χ0v) is 14.5. The average Bonchev–Trinajstić information content (AvgIpc) is 3.22. The SMILES string of the molecule is CC=C1CN2[C@@H]3C[C@@]45c6ccccc6N[C@]4(O3)[C@@H]2C[C@@H]1[C@H]5C(=O)OC. The van der Waals surface area contributed by atoms with Gasteiger partial charge in [0.15, 0.2) is 5.72 Å². The molecular weight excluding hydrogens is 316 g/mol. The van der Waals surface area contributed by atoms with Gasteiger partial charge in [-0.2, -0.15) is 0 Å². The smallest absolute Gasteiger partial charge is 0.310 e. The van der Waals surface area contributed by atoms with Crippen LogP contribution in [0.3, 0.4) is 0 Å². The minimum absolute atomic E-state index is 0.0780. The van der Waals surface area contributed by atoms with E-state index in [1.54, 1.807) is 0 Å². The van der Waals surface area contributed by atoms with Gasteiger partial charge in [-0.05, 0) is 30.9 Å². The largest absolute Gasteiger partial charge is 0.469 e. The average molecular weight is 338 g/mol. The van der Waals surface area contributed by atoms with E-state index in [1.165, 1.54) is 18.2 Å². The van der Waals surface area contributed by atoms with Crippen LogP contribution in [0.25, 0.3) is 0 Å². The fraction of sp³-hybridized carbons (Fsp3) is 0.550. The molecule has 5 aliphatic rings. The molecule has 1 saturated carbocycles. The predicted octanol–water partition coefficient (Wildman–Crippen LogP) is 2.25. The Kier molecular flexibility index (Phi) is 2.45. The molecule has 1 aromatic carbocycles. The number of hydrogen-bond acceptors (Lipinski definition) is 5. The first-order valence-corrected chi connectivity index (χ1v) is 9.20. The highest BCUT2D eigenvalue weighted by atomic mass is 16.6. The Balaban J connectivity index is 1.67. The number of carbonyl (C=O) groups is 1. The topological polar surface area (TPSA) is 50.8 Å². The summed E-state index contributed by atoms with van der Waals surface area (Å²) in [5.74, 6) is -0.0451. The van der Waals surface area contributed by atoms with Crippen molar-refractivity contribution in [2.24, 2.45) is 11.8 Å². The summed E-state index contributed by atoms with van der Waals surface area (Å²) in [4.78, 5) is 15.6. The lowest BCUT2D eigenvalue weighted by molar-refractivity contribution is -0.161. The maximum atomic E-state index is 13.1. The van der Waals surface area contributed by atoms with Gasteiger partial charge < -0.3 is 14.8 Å². The third-order valence-electron chi connectivity index (χ3n) is 7.53. The van der Waals surface area contributed by atoms with E-state index < -0.39 is 5.72 Å². The minimum atomic E-state index is -0.490. The number of esters is 1. The normalized spacial score (nSPS) is 46.9. The number of allylic oxidation sites excluding steroid dienone is 1. The molecule has 130 valence electrons. The Labute approximate surface area is 147 Å². The van der Waals surface area contributed by atoms with Crippen LogP contribution in [0.5, 0.6) is 0 Å². The van der Waals surface area contributed by atoms with Gasteiger partial charge in [-0.25, -0.2) is 0 Å². The molecule has 5 heteroatoms. The molecular formula is C20H22N2O3. The lowest BCUT2D eigenvalue weighted by Crippen LogP contribution is -2.73. The molecule has 4 bridgehead atoms. The van der Waals surface area contributed by atoms with Crippen molar-refractivity contribution in [3.8, 4) is 0 Å². The third-order valence-corrected chi connectivity index (χ3v) is 7.53. The Hall–Kier alpha value is -1.85. The van der Waals surface area contributed by atoms with E-state index in [2.05, 4.69) is 47.5 Å². The van der Waals surface area contributed by atoms with Crippen molar-refractivity contribution < 1.29 is 14.3 Å². The Morgan fingerprint density at radius 3 is 3.08 bits per heavy atom. The summed E-state index contributed by atoms with van der Waals surface area (Å²) in [5, 5.41) is 3.73. The second-order valence-electron chi connectivity index (χ2n) is 8.05. The van der Waals surface area contributed by atoms with Crippen LogP contribution in [0.4, 0.5) is 5.69 Å². The number of ether oxygens (including phenoxy) is 2. The van der Waals surface area contributed by atoms with Crippen LogP contribution >= 0.6 is 0 Å². The molecule has 0 radical (unpaired) electrons. The Bertz CT molecular complexity index is 836. The number of nitrogens with zero attached hydrogens (tertiary/aromatic N) is 1. The standard InChI is InChI=1S/C20H22N2O3/c1-3-11-10-22-15-8-12(11)17(18(23)24-2)19-9-16(22)25-20(15,19)21-14-7-5-4-6-13(14)19/h3-7,12,15-17,21H,8-10H2,1-2H3/t12-,15-,16-,17-,19-,20-/m0/s1. The van der Waals surface area contributed by atoms with Gasteiger partial charge in [0.2, 0.25) is 0 Å². The predicted molar refractivity (Wildman–Crippen MR) is 91.8 cm³/mol. The lowest BCUT2D eigenvalue weighted by Gasteiger charge is -2.60. The molecule has 1 spiro atoms. The summed E-state index contributed by atoms with van der Waals surface area (Å²) in [6.45, 7) is 2.99. The van der Waals surface area contributed by atoms with Crippen molar-refractivity contribution in [2.75, 3.05) is 19.0 Å². The van der Waals surface area contributed by atoms with Crippen molar-refractivity contribution in [1.82, 2.24) is 4.90 Å². The van der Waals surface area contributed by atoms with E-state index in [4.69, 9.17) is 9.47 Å². The molecule has 3 saturated heterocycles. The zero-order valence-electron chi connectivity index (χ0n) is 14.5. The lowest BCUT2D eigenvalue weighted by atomic mass is 9.49. The van der Waals surface area contributed by atoms with Gasteiger partial charge in [0, 0.05) is 18.7 Å². The minimum Gasteiger partial charge on any atom is -0.469 e. The molecule has 5 nitrogen and oxygen atoms in total. The van der Waals surface area contributed by atoms with Gasteiger partial charge in [0.1, 0.15) is 6.23 Å². The zero-order chi connectivity index (χ0) is 17.0. The van der Waals surface area contributed by atoms with Crippen molar-refractivity contribution in [1.29, 1.82) is 0 Å². The Morgan fingerprint density at radius 2 is 2.28 bits per heavy atom. The highest BCUT2D eigenvalue weighted by Crippen LogP contribution is 2.72. The molecule has 4 aliphatic heterocycles. The number of piperidine rings is 2. The van der Waals surface area contributed by atoms with E-state index in [1.807, 2.05) is 0 Å². The van der Waals surface area contributed by atoms with Crippen molar-refractivity contribution in [3.05, 3.63) is 41.5 Å². The van der Waals surface area contributed by atoms with Crippen molar-refractivity contribution in [2.45, 2.75) is 43.2 Å². The number of methoxy groups -OCH3 is 1. The number of fused-ring (bicyclic) bond motifs is 4. The van der Waals surface area contributed by atoms with Crippen LogP contribution in [0.1, 0.15) is 25.3 Å². The summed E-state index contributed by atoms with van der Waals surface area (Å²) in [6, 6.07) is 8.74. The second kappa shape index (κ2) is 4.27. The first kappa shape index (κ1) is 14.3. The van der Waals surface area contributed by atoms with E-state index >= 15 is 0 Å². The molecule has 1 aliphatic carbocycles. The van der Waals surface area contributed by atoms with Gasteiger partial charge >= 0.3 is 5.97 Å². The van der Waals surface area contributed by atoms with Gasteiger partial charge in [-0.1, -0.05) is 29.8 Å². The number of carbonyl (C=O) groups excluding carboxylic acids is 1. The van der Waals surface area contributed by atoms with Crippen molar-refractivity contribution >= 4 is 11.7 Å². The van der Waals surface area contributed by atoms with Gasteiger partial charge in [-0.15, -0.1) is 0 Å². The first-order chi connectivity index (χ1) is 12.2. The van der Waals surface area contributed by atoms with E-state index in [9.17, 15) is 4.79 Å². The maximum absolute atomic E-state index is 13.1. The van der Waals surface area contributed by atoms with Crippen LogP contribution in [0, 0.1) is 11.8 Å². The first-order valence-electron chi connectivity index (χ1n) is 9.20. The van der Waals surface area contributed by atoms with Gasteiger partial charge in [0.05, 0.1) is 24.5 Å². The number of rotatable bonds is 1. The number of nitrogens with one attached hydrogen (secondary N) is 1. The van der Waals surface area contributed by atoms with Gasteiger partial charge in [-0.3, -0.25) is 9.69 Å². The maximum Gasteiger partial charge on any atom is 0.310 e. The van der Waals surface area contributed by atoms with Crippen LogP contribution in [0.15, 0.2) is 35.9 Å². The van der Waals surface area contributed by atoms with Crippen LogP contribution in [-0.4, -0.2) is 42.5 Å². The van der Waals surface area contributed by atoms with Crippen LogP contribution in [0.2, 0.25) is 0 Å². The highest BCUT2D eigenvalue weighted by Gasteiger charge is 2.82. The summed E-state index contributed by atoms with van der Waals surface area (Å²) < 4.78 is 12.0. The van der Waals surface area contributed by atoms with E-state index in [-0.39, 0.29) is 29.4 Å². The Morgan fingerprint density at radius 1 is 1.44 bits per heavy atom. The van der Waals surface area contributed by atoms with Gasteiger partial charge in [0.25, 0.3) is 0 Å². The summed E-state index contributed by atoms with van der Waals surface area (Å²) >= 11 is 0. The molecule has 0 unspecified atom stereocenters. The van der Waals surface area contributed by atoms with Crippen LogP contribution in [-0.2, 0) is 19.7 Å². The van der Waals surface area contributed by atoms with E-state index in [0.717, 1.165) is 25.1 Å². The molecule has 6 rings (SSSR count). The molecule has 1 aromatic rings. The third kappa shape index (κ3) is 1.30. The molecule has 0 amide bonds. The van der Waals surface area contributed by atoms with E-state index in [0.29, 0.717) is 6.04 Å². The fourth-order valence-corrected chi connectivity index (χ4v) is 6.75. The number of para-hydroxylation sites is 1. The molecule has 4 heterocycles. The van der Waals surface area contributed by atoms with Crippen molar-refractivity contribution in [3.63, 3.8) is 0 Å². The fourth-order valence-electron chi connectivity index (χ4n) is 6.75. The molecule has 1 N–H and O–H groups in total. The quantitative estimate of drug-likeness (QED) is 0.629. The second-order valence-corrected chi connectivity index (χ2v) is 8.05. The molecule has 25 heavy (non-hydrogen) atoms. The highest BCUT2D eigenvalue weighted by molar-refractivity contribution is 5.81. The number of hydrogen-bond donors (Lipinski definition) is 1. The monoisotopic (exact) mass is 338 g/mol. The number of anilines is 1. The number of benzene rings is 1. The molecule has 6 atom stereocenters. The summed E-state index contributed by atoms with van der Waals surface area (Å²) in [6.07, 6.45) is 4.10. The summed E-state index contributed by atoms with van der Waals surface area (Å²) in [5.41, 5.74) is 2.89.